The number of benzene rings is 1. The molecule has 2 aromatic rings. The van der Waals surface area contributed by atoms with Gasteiger partial charge >= 0.3 is 5.97 Å². The SMILES string of the molecule is CCc1ccc2ccnc(C(=O)O)c2c1. The number of carbonyl (C=O) groups is 1. The number of aromatic nitrogens is 1. The zero-order valence-electron chi connectivity index (χ0n) is 8.40. The highest BCUT2D eigenvalue weighted by Crippen LogP contribution is 2.18. The van der Waals surface area contributed by atoms with Crippen LogP contribution in [-0.4, -0.2) is 16.1 Å². The Morgan fingerprint density at radius 2 is 2.20 bits per heavy atom. The Morgan fingerprint density at radius 1 is 1.40 bits per heavy atom. The summed E-state index contributed by atoms with van der Waals surface area (Å²) in [7, 11) is 0. The molecule has 1 heterocycles. The van der Waals surface area contributed by atoms with Crippen LogP contribution in [0.5, 0.6) is 0 Å². The van der Waals surface area contributed by atoms with Crippen LogP contribution < -0.4 is 0 Å². The minimum atomic E-state index is -0.978. The quantitative estimate of drug-likeness (QED) is 0.812. The van der Waals surface area contributed by atoms with Crippen LogP contribution in [0.2, 0.25) is 0 Å². The normalized spacial score (nSPS) is 10.5. The van der Waals surface area contributed by atoms with E-state index in [0.29, 0.717) is 5.39 Å². The number of hydrogen-bond acceptors (Lipinski definition) is 2. The highest BCUT2D eigenvalue weighted by atomic mass is 16.4. The number of hydrogen-bond donors (Lipinski definition) is 1. The van der Waals surface area contributed by atoms with E-state index >= 15 is 0 Å². The Kier molecular flexibility index (Phi) is 2.37. The van der Waals surface area contributed by atoms with Gasteiger partial charge in [-0.05, 0) is 29.5 Å². The number of aryl methyl sites for hydroxylation is 1. The molecule has 76 valence electrons. The molecular formula is C12H11NO2. The van der Waals surface area contributed by atoms with Crippen molar-refractivity contribution in [3.05, 3.63) is 41.7 Å². The summed E-state index contributed by atoms with van der Waals surface area (Å²) in [6.07, 6.45) is 2.42. The minimum absolute atomic E-state index is 0.128. The molecular weight excluding hydrogens is 190 g/mol. The molecule has 0 saturated carbocycles. The number of nitrogens with zero attached hydrogens (tertiary/aromatic N) is 1. The van der Waals surface area contributed by atoms with Gasteiger partial charge in [0.05, 0.1) is 0 Å². The van der Waals surface area contributed by atoms with Crippen molar-refractivity contribution in [1.82, 2.24) is 4.98 Å². The minimum Gasteiger partial charge on any atom is -0.476 e. The molecule has 15 heavy (non-hydrogen) atoms. The second-order valence-electron chi connectivity index (χ2n) is 3.37. The highest BCUT2D eigenvalue weighted by Gasteiger charge is 2.09. The van der Waals surface area contributed by atoms with Crippen LogP contribution in [0.15, 0.2) is 30.5 Å². The first-order valence-corrected chi connectivity index (χ1v) is 4.83. The van der Waals surface area contributed by atoms with Gasteiger partial charge in [-0.1, -0.05) is 19.1 Å². The summed E-state index contributed by atoms with van der Waals surface area (Å²) in [5.74, 6) is -0.978. The second kappa shape index (κ2) is 3.69. The Morgan fingerprint density at radius 3 is 2.87 bits per heavy atom. The number of carboxylic acid groups (broad SMARTS) is 1. The summed E-state index contributed by atoms with van der Waals surface area (Å²) in [4.78, 5) is 14.8. The fourth-order valence-electron chi connectivity index (χ4n) is 1.61. The van der Waals surface area contributed by atoms with Crippen molar-refractivity contribution in [2.45, 2.75) is 13.3 Å². The van der Waals surface area contributed by atoms with E-state index in [2.05, 4.69) is 4.98 Å². The summed E-state index contributed by atoms with van der Waals surface area (Å²) in [5, 5.41) is 10.6. The van der Waals surface area contributed by atoms with Crippen LogP contribution in [-0.2, 0) is 6.42 Å². The number of rotatable bonds is 2. The molecule has 0 aliphatic heterocycles. The maximum Gasteiger partial charge on any atom is 0.355 e. The number of carboxylic acids is 1. The summed E-state index contributed by atoms with van der Waals surface area (Å²) < 4.78 is 0. The average Bonchev–Trinajstić information content (AvgIpc) is 2.27. The largest absolute Gasteiger partial charge is 0.476 e. The lowest BCUT2D eigenvalue weighted by molar-refractivity contribution is 0.0693. The standard InChI is InChI=1S/C12H11NO2/c1-2-8-3-4-9-5-6-13-11(12(14)15)10(9)7-8/h3-7H,2H2,1H3,(H,14,15). The van der Waals surface area contributed by atoms with E-state index in [1.807, 2.05) is 31.2 Å². The fourth-order valence-corrected chi connectivity index (χ4v) is 1.61. The molecule has 0 amide bonds. The molecule has 1 N–H and O–H groups in total. The third-order valence-corrected chi connectivity index (χ3v) is 2.44. The number of pyridine rings is 1. The fraction of sp³-hybridized carbons (Fsp3) is 0.167. The molecule has 0 bridgehead atoms. The van der Waals surface area contributed by atoms with Gasteiger partial charge in [-0.15, -0.1) is 0 Å². The lowest BCUT2D eigenvalue weighted by Gasteiger charge is -2.03. The molecule has 0 aliphatic rings. The van der Waals surface area contributed by atoms with Crippen LogP contribution in [0.25, 0.3) is 10.8 Å². The second-order valence-corrected chi connectivity index (χ2v) is 3.37. The molecule has 0 atom stereocenters. The van der Waals surface area contributed by atoms with Crippen molar-refractivity contribution >= 4 is 16.7 Å². The lowest BCUT2D eigenvalue weighted by Crippen LogP contribution is -2.01. The molecule has 1 aromatic heterocycles. The molecule has 0 spiro atoms. The van der Waals surface area contributed by atoms with Gasteiger partial charge < -0.3 is 5.11 Å². The van der Waals surface area contributed by atoms with Gasteiger partial charge in [0.15, 0.2) is 5.69 Å². The topological polar surface area (TPSA) is 50.2 Å². The molecule has 0 unspecified atom stereocenters. The smallest absolute Gasteiger partial charge is 0.355 e. The Hall–Kier alpha value is -1.90. The maximum absolute atomic E-state index is 11.0. The summed E-state index contributed by atoms with van der Waals surface area (Å²) in [5.41, 5.74) is 1.25. The van der Waals surface area contributed by atoms with Crippen molar-refractivity contribution in [2.24, 2.45) is 0 Å². The van der Waals surface area contributed by atoms with Gasteiger partial charge in [-0.25, -0.2) is 9.78 Å². The van der Waals surface area contributed by atoms with E-state index in [0.717, 1.165) is 17.4 Å². The number of fused-ring (bicyclic) bond motifs is 1. The Bertz CT molecular complexity index is 520. The first-order chi connectivity index (χ1) is 7.22. The molecule has 0 radical (unpaired) electrons. The van der Waals surface area contributed by atoms with E-state index in [1.54, 1.807) is 0 Å². The molecule has 3 heteroatoms. The van der Waals surface area contributed by atoms with Crippen molar-refractivity contribution in [3.63, 3.8) is 0 Å². The zero-order valence-corrected chi connectivity index (χ0v) is 8.40. The molecule has 3 nitrogen and oxygen atoms in total. The van der Waals surface area contributed by atoms with Gasteiger partial charge in [0.25, 0.3) is 0 Å². The lowest BCUT2D eigenvalue weighted by atomic mass is 10.0. The highest BCUT2D eigenvalue weighted by molar-refractivity contribution is 6.01. The summed E-state index contributed by atoms with van der Waals surface area (Å²) >= 11 is 0. The van der Waals surface area contributed by atoms with Crippen LogP contribution in [0, 0.1) is 0 Å². The van der Waals surface area contributed by atoms with E-state index in [9.17, 15) is 4.79 Å². The van der Waals surface area contributed by atoms with Crippen LogP contribution >= 0.6 is 0 Å². The molecule has 0 fully saturated rings. The van der Waals surface area contributed by atoms with E-state index in [4.69, 9.17) is 5.11 Å². The predicted molar refractivity (Wildman–Crippen MR) is 58.1 cm³/mol. The van der Waals surface area contributed by atoms with Gasteiger partial charge in [-0.3, -0.25) is 0 Å². The number of aromatic carboxylic acids is 1. The molecule has 0 aliphatic carbocycles. The van der Waals surface area contributed by atoms with Crippen LogP contribution in [0.3, 0.4) is 0 Å². The van der Waals surface area contributed by atoms with Gasteiger partial charge in [0.2, 0.25) is 0 Å². The first kappa shape index (κ1) is 9.65. The van der Waals surface area contributed by atoms with E-state index < -0.39 is 5.97 Å². The Balaban J connectivity index is 2.76. The third kappa shape index (κ3) is 1.68. The van der Waals surface area contributed by atoms with Crippen molar-refractivity contribution in [1.29, 1.82) is 0 Å². The molecule has 0 saturated heterocycles. The van der Waals surface area contributed by atoms with Crippen molar-refractivity contribution < 1.29 is 9.90 Å². The van der Waals surface area contributed by atoms with E-state index in [1.165, 1.54) is 6.20 Å². The van der Waals surface area contributed by atoms with E-state index in [-0.39, 0.29) is 5.69 Å². The van der Waals surface area contributed by atoms with Gasteiger partial charge in [-0.2, -0.15) is 0 Å². The Labute approximate surface area is 87.4 Å². The zero-order chi connectivity index (χ0) is 10.8. The van der Waals surface area contributed by atoms with Crippen LogP contribution in [0.1, 0.15) is 23.0 Å². The van der Waals surface area contributed by atoms with Crippen molar-refractivity contribution in [3.8, 4) is 0 Å². The first-order valence-electron chi connectivity index (χ1n) is 4.83. The third-order valence-electron chi connectivity index (χ3n) is 2.44. The van der Waals surface area contributed by atoms with Gasteiger partial charge in [0, 0.05) is 11.6 Å². The average molecular weight is 201 g/mol. The summed E-state index contributed by atoms with van der Waals surface area (Å²) in [6.45, 7) is 2.04. The predicted octanol–water partition coefficient (Wildman–Crippen LogP) is 2.50. The molecule has 2 rings (SSSR count). The molecule has 1 aromatic carbocycles. The monoisotopic (exact) mass is 201 g/mol. The van der Waals surface area contributed by atoms with Gasteiger partial charge in [0.1, 0.15) is 0 Å². The summed E-state index contributed by atoms with van der Waals surface area (Å²) in [6, 6.07) is 7.66. The van der Waals surface area contributed by atoms with Crippen LogP contribution in [0.4, 0.5) is 0 Å². The van der Waals surface area contributed by atoms with Crippen molar-refractivity contribution in [2.75, 3.05) is 0 Å². The maximum atomic E-state index is 11.0.